The van der Waals surface area contributed by atoms with Crippen LogP contribution in [0.4, 0.5) is 0 Å². The molecule has 21 heavy (non-hydrogen) atoms. The van der Waals surface area contributed by atoms with Gasteiger partial charge in [-0.25, -0.2) is 0 Å². The number of hydrogen-bond acceptors (Lipinski definition) is 1. The molecule has 3 heteroatoms. The van der Waals surface area contributed by atoms with E-state index in [0.717, 1.165) is 31.3 Å². The van der Waals surface area contributed by atoms with Gasteiger partial charge in [0.15, 0.2) is 0 Å². The molecule has 0 N–H and O–H groups in total. The normalized spacial score (nSPS) is 21.4. The van der Waals surface area contributed by atoms with Gasteiger partial charge >= 0.3 is 0 Å². The fourth-order valence-corrected chi connectivity index (χ4v) is 3.73. The molecule has 1 aromatic carbocycles. The highest BCUT2D eigenvalue weighted by atomic mass is 79.9. The molecule has 1 heterocycles. The Labute approximate surface area is 137 Å². The fourth-order valence-electron chi connectivity index (χ4n) is 3.15. The smallest absolute Gasteiger partial charge is 0.222 e. The zero-order chi connectivity index (χ0) is 15.2. The number of carbonyl (C=O) groups excluding carboxylic acids is 1. The van der Waals surface area contributed by atoms with Crippen molar-refractivity contribution in [2.45, 2.75) is 39.0 Å². The molecule has 1 saturated heterocycles. The van der Waals surface area contributed by atoms with Crippen molar-refractivity contribution in [3.8, 4) is 0 Å². The predicted octanol–water partition coefficient (Wildman–Crippen LogP) is 4.45. The van der Waals surface area contributed by atoms with E-state index < -0.39 is 0 Å². The molecule has 1 fully saturated rings. The number of nitrogens with zero attached hydrogens (tertiary/aromatic N) is 1. The molecule has 0 bridgehead atoms. The zero-order valence-corrected chi connectivity index (χ0v) is 14.7. The van der Waals surface area contributed by atoms with Crippen LogP contribution in [0.2, 0.25) is 0 Å². The predicted molar refractivity (Wildman–Crippen MR) is 91.7 cm³/mol. The summed E-state index contributed by atoms with van der Waals surface area (Å²) in [5.74, 6) is 2.09. The van der Waals surface area contributed by atoms with E-state index >= 15 is 0 Å². The minimum atomic E-state index is 0.333. The van der Waals surface area contributed by atoms with Crippen LogP contribution in [0.1, 0.15) is 44.6 Å². The second-order valence-electron chi connectivity index (χ2n) is 6.43. The van der Waals surface area contributed by atoms with Crippen molar-refractivity contribution in [2.75, 3.05) is 18.4 Å². The summed E-state index contributed by atoms with van der Waals surface area (Å²) in [7, 11) is 0. The number of alkyl halides is 1. The maximum absolute atomic E-state index is 12.4. The molecule has 2 atom stereocenters. The van der Waals surface area contributed by atoms with Crippen molar-refractivity contribution < 1.29 is 4.79 Å². The third-order valence-corrected chi connectivity index (χ3v) is 5.47. The number of likely N-dealkylation sites (tertiary alicyclic amines) is 1. The summed E-state index contributed by atoms with van der Waals surface area (Å²) >= 11 is 3.62. The number of rotatable bonds is 5. The first-order chi connectivity index (χ1) is 10.1. The molecule has 0 aromatic heterocycles. The Morgan fingerprint density at radius 3 is 2.57 bits per heavy atom. The second-order valence-corrected chi connectivity index (χ2v) is 7.08. The number of halogens is 1. The Hall–Kier alpha value is -0.830. The van der Waals surface area contributed by atoms with Gasteiger partial charge in [0.25, 0.3) is 0 Å². The van der Waals surface area contributed by atoms with Gasteiger partial charge in [0.1, 0.15) is 0 Å². The van der Waals surface area contributed by atoms with Crippen LogP contribution in [0.5, 0.6) is 0 Å². The lowest BCUT2D eigenvalue weighted by Gasteiger charge is -2.26. The van der Waals surface area contributed by atoms with Gasteiger partial charge in [-0.1, -0.05) is 60.1 Å². The number of hydrogen-bond donors (Lipinski definition) is 0. The minimum absolute atomic E-state index is 0.333. The van der Waals surface area contributed by atoms with Gasteiger partial charge in [-0.2, -0.15) is 0 Å². The van der Waals surface area contributed by atoms with Crippen molar-refractivity contribution >= 4 is 21.8 Å². The van der Waals surface area contributed by atoms with Crippen LogP contribution in [-0.4, -0.2) is 29.2 Å². The van der Waals surface area contributed by atoms with E-state index in [0.29, 0.717) is 30.1 Å². The summed E-state index contributed by atoms with van der Waals surface area (Å²) in [4.78, 5) is 14.5. The molecule has 0 radical (unpaired) electrons. The van der Waals surface area contributed by atoms with Crippen LogP contribution in [0.3, 0.4) is 0 Å². The highest BCUT2D eigenvalue weighted by Crippen LogP contribution is 2.27. The van der Waals surface area contributed by atoms with Crippen LogP contribution < -0.4 is 0 Å². The second kappa shape index (κ2) is 7.98. The van der Waals surface area contributed by atoms with Gasteiger partial charge in [-0.3, -0.25) is 4.79 Å². The lowest BCUT2D eigenvalue weighted by atomic mass is 9.89. The molecular weight excluding hydrogens is 326 g/mol. The molecule has 2 unspecified atom stereocenters. The SMILES string of the molecule is CC(C)C1CCC(=O)N(CC(CBr)c2ccccc2)CC1. The molecule has 0 aliphatic carbocycles. The molecule has 116 valence electrons. The average Bonchev–Trinajstić information content (AvgIpc) is 2.68. The van der Waals surface area contributed by atoms with Gasteiger partial charge in [0.2, 0.25) is 5.91 Å². The highest BCUT2D eigenvalue weighted by Gasteiger charge is 2.26. The lowest BCUT2D eigenvalue weighted by molar-refractivity contribution is -0.130. The summed E-state index contributed by atoms with van der Waals surface area (Å²) in [5.41, 5.74) is 1.31. The number of carbonyl (C=O) groups is 1. The van der Waals surface area contributed by atoms with Crippen LogP contribution >= 0.6 is 15.9 Å². The van der Waals surface area contributed by atoms with Crippen LogP contribution in [0, 0.1) is 11.8 Å². The van der Waals surface area contributed by atoms with E-state index in [2.05, 4.69) is 58.9 Å². The number of amides is 1. The summed E-state index contributed by atoms with van der Waals surface area (Å²) in [6, 6.07) is 10.5. The fraction of sp³-hybridized carbons (Fsp3) is 0.611. The Kier molecular flexibility index (Phi) is 6.28. The van der Waals surface area contributed by atoms with Crippen molar-refractivity contribution in [1.29, 1.82) is 0 Å². The standard InChI is InChI=1S/C18H26BrNO/c1-14(2)15-8-9-18(21)20(11-10-15)13-17(12-19)16-6-4-3-5-7-16/h3-7,14-15,17H,8-13H2,1-2H3. The highest BCUT2D eigenvalue weighted by molar-refractivity contribution is 9.09. The topological polar surface area (TPSA) is 20.3 Å². The molecule has 1 aliphatic heterocycles. The molecule has 2 rings (SSSR count). The summed E-state index contributed by atoms with van der Waals surface area (Å²) < 4.78 is 0. The van der Waals surface area contributed by atoms with E-state index in [1.807, 2.05) is 6.07 Å². The molecule has 0 saturated carbocycles. The lowest BCUT2D eigenvalue weighted by Crippen LogP contribution is -2.34. The average molecular weight is 352 g/mol. The minimum Gasteiger partial charge on any atom is -0.342 e. The first kappa shape index (κ1) is 16.5. The van der Waals surface area contributed by atoms with Crippen molar-refractivity contribution in [3.63, 3.8) is 0 Å². The first-order valence-electron chi connectivity index (χ1n) is 8.00. The Morgan fingerprint density at radius 2 is 1.95 bits per heavy atom. The van der Waals surface area contributed by atoms with E-state index in [4.69, 9.17) is 0 Å². The molecule has 1 aliphatic rings. The molecule has 0 spiro atoms. The molecule has 2 nitrogen and oxygen atoms in total. The molecule has 1 aromatic rings. The molecule has 1 amide bonds. The van der Waals surface area contributed by atoms with E-state index in [1.165, 1.54) is 5.56 Å². The van der Waals surface area contributed by atoms with Gasteiger partial charge in [-0.15, -0.1) is 0 Å². The number of benzene rings is 1. The van der Waals surface area contributed by atoms with Crippen LogP contribution in [0.15, 0.2) is 30.3 Å². The maximum atomic E-state index is 12.4. The third-order valence-electron chi connectivity index (χ3n) is 4.69. The van der Waals surface area contributed by atoms with Gasteiger partial charge in [0, 0.05) is 30.8 Å². The van der Waals surface area contributed by atoms with E-state index in [9.17, 15) is 4.79 Å². The van der Waals surface area contributed by atoms with E-state index in [1.54, 1.807) is 0 Å². The Morgan fingerprint density at radius 1 is 1.24 bits per heavy atom. The third kappa shape index (κ3) is 4.57. The Balaban J connectivity index is 2.01. The zero-order valence-electron chi connectivity index (χ0n) is 13.1. The largest absolute Gasteiger partial charge is 0.342 e. The maximum Gasteiger partial charge on any atom is 0.222 e. The first-order valence-corrected chi connectivity index (χ1v) is 9.12. The van der Waals surface area contributed by atoms with Crippen LogP contribution in [0.25, 0.3) is 0 Å². The van der Waals surface area contributed by atoms with Gasteiger partial charge in [0.05, 0.1) is 0 Å². The monoisotopic (exact) mass is 351 g/mol. The van der Waals surface area contributed by atoms with Crippen molar-refractivity contribution in [3.05, 3.63) is 35.9 Å². The van der Waals surface area contributed by atoms with Crippen LogP contribution in [-0.2, 0) is 4.79 Å². The van der Waals surface area contributed by atoms with Gasteiger partial charge in [-0.05, 0) is 30.2 Å². The van der Waals surface area contributed by atoms with Gasteiger partial charge < -0.3 is 4.90 Å². The summed E-state index contributed by atoms with van der Waals surface area (Å²) in [6.45, 7) is 6.29. The van der Waals surface area contributed by atoms with Crippen molar-refractivity contribution in [1.82, 2.24) is 4.90 Å². The molecular formula is C18H26BrNO. The van der Waals surface area contributed by atoms with Crippen molar-refractivity contribution in [2.24, 2.45) is 11.8 Å². The summed E-state index contributed by atoms with van der Waals surface area (Å²) in [5, 5.41) is 0.897. The Bertz CT molecular complexity index is 446. The van der Waals surface area contributed by atoms with E-state index in [-0.39, 0.29) is 0 Å². The quantitative estimate of drug-likeness (QED) is 0.717. The summed E-state index contributed by atoms with van der Waals surface area (Å²) in [6.07, 6.45) is 2.91.